The summed E-state index contributed by atoms with van der Waals surface area (Å²) in [6.45, 7) is 0. The molecule has 258 valence electrons. The van der Waals surface area contributed by atoms with E-state index in [0.29, 0.717) is 0 Å². The predicted octanol–water partition coefficient (Wildman–Crippen LogP) is 2.48. The summed E-state index contributed by atoms with van der Waals surface area (Å²) in [5, 5.41) is 56.6. The summed E-state index contributed by atoms with van der Waals surface area (Å²) in [5.74, 6) is -2.65. The molecule has 0 amide bonds. The number of phenolic OH excluding ortho intramolecular Hbond substituents is 3. The number of H-pyrrole nitrogens is 3. The van der Waals surface area contributed by atoms with E-state index < -0.39 is 36.0 Å². The van der Waals surface area contributed by atoms with Crippen LogP contribution in [0.25, 0.3) is 32.7 Å². The topological polar surface area (TPSA) is 298 Å². The summed E-state index contributed by atoms with van der Waals surface area (Å²) in [6, 6.07) is 11.9. The fourth-order valence-corrected chi connectivity index (χ4v) is 4.98. The first-order valence-corrected chi connectivity index (χ1v) is 14.6. The number of aromatic nitrogens is 3. The molecular formula is C33H36CrN6O9. The fourth-order valence-electron chi connectivity index (χ4n) is 4.98. The molecule has 0 bridgehead atoms. The monoisotopic (exact) mass is 712 g/mol. The Labute approximate surface area is 289 Å². The van der Waals surface area contributed by atoms with Gasteiger partial charge in [0.25, 0.3) is 0 Å². The second-order valence-electron chi connectivity index (χ2n) is 11.1. The van der Waals surface area contributed by atoms with Crippen molar-refractivity contribution in [2.75, 3.05) is 0 Å². The van der Waals surface area contributed by atoms with E-state index in [4.69, 9.17) is 32.5 Å². The Bertz CT molecular complexity index is 1840. The molecule has 3 aromatic heterocycles. The van der Waals surface area contributed by atoms with Crippen molar-refractivity contribution < 1.29 is 62.4 Å². The van der Waals surface area contributed by atoms with Gasteiger partial charge in [0.15, 0.2) is 0 Å². The Morgan fingerprint density at radius 1 is 0.510 bits per heavy atom. The number of hydrogen-bond acceptors (Lipinski definition) is 9. The molecule has 6 aromatic rings. The van der Waals surface area contributed by atoms with Crippen LogP contribution in [-0.4, -0.2) is 81.6 Å². The standard InChI is InChI=1S/3C11H12N2O3.Cr/c3*12-9(11(15)16)3-6-5-13-10-2-1-7(14)4-8(6)10;/h3*1-2,4-5,9,13-14H,3,12H2,(H,15,16);/t3*9-;/m000./s1. The summed E-state index contributed by atoms with van der Waals surface area (Å²) in [6.07, 6.45) is 5.85. The van der Waals surface area contributed by atoms with Gasteiger partial charge in [-0.2, -0.15) is 0 Å². The number of nitrogens with two attached hydrogens (primary N) is 3. The Morgan fingerprint density at radius 2 is 0.755 bits per heavy atom. The van der Waals surface area contributed by atoms with Gasteiger partial charge in [0, 0.05) is 87.9 Å². The molecular weight excluding hydrogens is 676 g/mol. The van der Waals surface area contributed by atoms with E-state index in [9.17, 15) is 29.7 Å². The van der Waals surface area contributed by atoms with Crippen LogP contribution in [0.15, 0.2) is 73.2 Å². The molecule has 49 heavy (non-hydrogen) atoms. The molecule has 0 aliphatic rings. The first-order chi connectivity index (χ1) is 22.7. The zero-order chi connectivity index (χ0) is 35.1. The van der Waals surface area contributed by atoms with Crippen LogP contribution in [0.2, 0.25) is 0 Å². The van der Waals surface area contributed by atoms with Gasteiger partial charge in [0.2, 0.25) is 0 Å². The van der Waals surface area contributed by atoms with Crippen molar-refractivity contribution in [2.24, 2.45) is 17.2 Å². The van der Waals surface area contributed by atoms with Crippen LogP contribution in [0, 0.1) is 0 Å². The third-order valence-electron chi connectivity index (χ3n) is 7.52. The van der Waals surface area contributed by atoms with Crippen LogP contribution in [0.3, 0.4) is 0 Å². The number of hydrogen-bond donors (Lipinski definition) is 12. The van der Waals surface area contributed by atoms with Gasteiger partial charge in [-0.05, 0) is 71.3 Å². The molecule has 0 aliphatic carbocycles. The van der Waals surface area contributed by atoms with Gasteiger partial charge in [0.1, 0.15) is 35.4 Å². The van der Waals surface area contributed by atoms with E-state index in [1.807, 2.05) is 0 Å². The van der Waals surface area contributed by atoms with Crippen LogP contribution < -0.4 is 17.2 Å². The van der Waals surface area contributed by atoms with Crippen LogP contribution in [0.4, 0.5) is 0 Å². The Morgan fingerprint density at radius 3 is 0.980 bits per heavy atom. The summed E-state index contributed by atoms with van der Waals surface area (Å²) < 4.78 is 0. The second-order valence-corrected chi connectivity index (χ2v) is 11.1. The van der Waals surface area contributed by atoms with Crippen molar-refractivity contribution in [1.82, 2.24) is 15.0 Å². The number of phenols is 3. The summed E-state index contributed by atoms with van der Waals surface area (Å²) in [5.41, 5.74) is 21.3. The van der Waals surface area contributed by atoms with Crippen molar-refractivity contribution in [3.05, 3.63) is 89.9 Å². The van der Waals surface area contributed by atoms with E-state index in [1.165, 1.54) is 0 Å². The van der Waals surface area contributed by atoms with E-state index in [0.717, 1.165) is 49.4 Å². The molecule has 0 unspecified atom stereocenters. The average molecular weight is 713 g/mol. The number of carboxylic acid groups (broad SMARTS) is 3. The van der Waals surface area contributed by atoms with E-state index in [-0.39, 0.29) is 53.9 Å². The van der Waals surface area contributed by atoms with Gasteiger partial charge in [-0.25, -0.2) is 0 Å². The van der Waals surface area contributed by atoms with Gasteiger partial charge in [-0.1, -0.05) is 0 Å². The molecule has 6 rings (SSSR count). The van der Waals surface area contributed by atoms with E-state index in [2.05, 4.69) is 15.0 Å². The number of aliphatic carboxylic acids is 3. The Balaban J connectivity index is 0.000000197. The minimum Gasteiger partial charge on any atom is -0.508 e. The summed E-state index contributed by atoms with van der Waals surface area (Å²) in [7, 11) is 0. The van der Waals surface area contributed by atoms with Crippen molar-refractivity contribution in [3.63, 3.8) is 0 Å². The number of aromatic hydroxyl groups is 3. The number of nitrogens with one attached hydrogen (secondary N) is 3. The number of carbonyl (C=O) groups is 3. The van der Waals surface area contributed by atoms with Crippen molar-refractivity contribution in [2.45, 2.75) is 37.4 Å². The third-order valence-corrected chi connectivity index (χ3v) is 7.52. The number of carboxylic acids is 3. The fraction of sp³-hybridized carbons (Fsp3) is 0.182. The molecule has 3 aromatic carbocycles. The number of aromatic amines is 3. The zero-order valence-corrected chi connectivity index (χ0v) is 27.1. The maximum Gasteiger partial charge on any atom is 0.320 e. The van der Waals surface area contributed by atoms with E-state index in [1.54, 1.807) is 73.2 Å². The molecule has 0 spiro atoms. The normalized spacial score (nSPS) is 12.6. The Kier molecular flexibility index (Phi) is 12.8. The van der Waals surface area contributed by atoms with Crippen molar-refractivity contribution in [3.8, 4) is 17.2 Å². The smallest absolute Gasteiger partial charge is 0.320 e. The van der Waals surface area contributed by atoms with Gasteiger partial charge in [-0.3, -0.25) is 14.4 Å². The molecule has 0 fully saturated rings. The third kappa shape index (κ3) is 9.76. The first-order valence-electron chi connectivity index (χ1n) is 14.6. The maximum absolute atomic E-state index is 10.6. The Hall–Kier alpha value is -5.50. The van der Waals surface area contributed by atoms with E-state index >= 15 is 0 Å². The quantitative estimate of drug-likeness (QED) is 0.103. The molecule has 15 nitrogen and oxygen atoms in total. The van der Waals surface area contributed by atoms with Crippen molar-refractivity contribution in [1.29, 1.82) is 0 Å². The largest absolute Gasteiger partial charge is 0.508 e. The van der Waals surface area contributed by atoms with Gasteiger partial charge >= 0.3 is 17.9 Å². The van der Waals surface area contributed by atoms with Crippen LogP contribution in [0.1, 0.15) is 16.7 Å². The van der Waals surface area contributed by atoms with Gasteiger partial charge in [-0.15, -0.1) is 0 Å². The number of fused-ring (bicyclic) bond motifs is 3. The maximum atomic E-state index is 10.6. The van der Waals surface area contributed by atoms with Crippen LogP contribution >= 0.6 is 0 Å². The zero-order valence-electron chi connectivity index (χ0n) is 25.8. The summed E-state index contributed by atoms with van der Waals surface area (Å²) >= 11 is 0. The van der Waals surface area contributed by atoms with Crippen molar-refractivity contribution >= 4 is 50.6 Å². The molecule has 3 heterocycles. The van der Waals surface area contributed by atoms with Crippen LogP contribution in [0.5, 0.6) is 17.2 Å². The summed E-state index contributed by atoms with van der Waals surface area (Å²) in [4.78, 5) is 40.9. The van der Waals surface area contributed by atoms with Gasteiger partial charge in [0.05, 0.1) is 0 Å². The molecule has 3 atom stereocenters. The predicted molar refractivity (Wildman–Crippen MR) is 178 cm³/mol. The molecule has 16 heteroatoms. The minimum atomic E-state index is -1.03. The van der Waals surface area contributed by atoms with Gasteiger partial charge < -0.3 is 62.8 Å². The average Bonchev–Trinajstić information content (AvgIpc) is 3.74. The SMILES string of the molecule is N[C@@H](Cc1c[nH]c2ccc(O)cc12)C(=O)O.N[C@@H](Cc1c[nH]c2ccc(O)cc12)C(=O)O.N[C@@H](Cc1c[nH]c2ccc(O)cc12)C(=O)O.[Cr]. The first kappa shape index (κ1) is 38.0. The molecule has 15 N–H and O–H groups in total. The molecule has 0 radical (unpaired) electrons. The molecule has 0 saturated heterocycles. The number of rotatable bonds is 9. The molecule has 0 saturated carbocycles. The molecule has 0 aliphatic heterocycles. The van der Waals surface area contributed by atoms with Crippen LogP contribution in [-0.2, 0) is 51.0 Å². The minimum absolute atomic E-state index is 0. The second kappa shape index (κ2) is 16.6. The number of benzene rings is 3.